The molecule has 1 heterocycles. The second kappa shape index (κ2) is 7.26. The summed E-state index contributed by atoms with van der Waals surface area (Å²) in [5, 5.41) is 4.03. The normalized spacial score (nSPS) is 19.3. The maximum absolute atomic E-state index is 12.4. The molecule has 1 aromatic carbocycles. The van der Waals surface area contributed by atoms with Crippen molar-refractivity contribution in [2.45, 2.75) is 49.0 Å². The summed E-state index contributed by atoms with van der Waals surface area (Å²) in [4.78, 5) is 4.63. The van der Waals surface area contributed by atoms with Crippen molar-refractivity contribution in [1.82, 2.24) is 14.9 Å². The van der Waals surface area contributed by atoms with Crippen LogP contribution in [0.4, 0.5) is 0 Å². The standard InChI is InChI=1S/C17H22N4O3S.ClH/c18-17(8-1-2-9-17)16-20-15(24-21-16)13-4-3-5-14(10-13)25(22,23)19-11-12-6-7-12;/h3-5,10,12,19H,1-2,6-9,11,18H2;1H. The smallest absolute Gasteiger partial charge is 0.258 e. The molecule has 0 bridgehead atoms. The maximum atomic E-state index is 12.4. The van der Waals surface area contributed by atoms with Gasteiger partial charge in [-0.2, -0.15) is 4.98 Å². The van der Waals surface area contributed by atoms with E-state index < -0.39 is 15.6 Å². The molecule has 142 valence electrons. The Kier molecular flexibility index (Phi) is 5.39. The van der Waals surface area contributed by atoms with Gasteiger partial charge in [-0.15, -0.1) is 12.4 Å². The van der Waals surface area contributed by atoms with Crippen LogP contribution in [0.25, 0.3) is 11.5 Å². The lowest BCUT2D eigenvalue weighted by Crippen LogP contribution is -2.34. The molecular formula is C17H23ClN4O3S. The van der Waals surface area contributed by atoms with Crippen LogP contribution < -0.4 is 10.5 Å². The Bertz CT molecular complexity index is 874. The Balaban J connectivity index is 0.00000196. The van der Waals surface area contributed by atoms with E-state index in [0.29, 0.717) is 29.7 Å². The number of hydrogen-bond acceptors (Lipinski definition) is 6. The number of sulfonamides is 1. The highest BCUT2D eigenvalue weighted by Gasteiger charge is 2.36. The maximum Gasteiger partial charge on any atom is 0.258 e. The van der Waals surface area contributed by atoms with Crippen molar-refractivity contribution < 1.29 is 12.9 Å². The number of halogens is 1. The van der Waals surface area contributed by atoms with E-state index in [0.717, 1.165) is 38.5 Å². The first-order valence-corrected chi connectivity index (χ1v) is 10.2. The van der Waals surface area contributed by atoms with Gasteiger partial charge in [0, 0.05) is 12.1 Å². The average molecular weight is 399 g/mol. The third-order valence-electron chi connectivity index (χ3n) is 5.02. The summed E-state index contributed by atoms with van der Waals surface area (Å²) in [7, 11) is -3.53. The molecule has 4 rings (SSSR count). The van der Waals surface area contributed by atoms with Crippen molar-refractivity contribution in [2.75, 3.05) is 6.54 Å². The molecular weight excluding hydrogens is 376 g/mol. The fourth-order valence-corrected chi connectivity index (χ4v) is 4.36. The summed E-state index contributed by atoms with van der Waals surface area (Å²) in [5.41, 5.74) is 6.40. The number of aromatic nitrogens is 2. The van der Waals surface area contributed by atoms with Gasteiger partial charge in [-0.25, -0.2) is 13.1 Å². The van der Waals surface area contributed by atoms with Crippen LogP contribution in [0.5, 0.6) is 0 Å². The predicted molar refractivity (Wildman–Crippen MR) is 99.2 cm³/mol. The summed E-state index contributed by atoms with van der Waals surface area (Å²) >= 11 is 0. The molecule has 1 aromatic heterocycles. The van der Waals surface area contributed by atoms with E-state index in [1.165, 1.54) is 0 Å². The Morgan fingerprint density at radius 1 is 1.27 bits per heavy atom. The van der Waals surface area contributed by atoms with Gasteiger partial charge >= 0.3 is 0 Å². The number of hydrogen-bond donors (Lipinski definition) is 2. The summed E-state index contributed by atoms with van der Waals surface area (Å²) in [6, 6.07) is 6.56. The van der Waals surface area contributed by atoms with Gasteiger partial charge in [-0.05, 0) is 49.8 Å². The van der Waals surface area contributed by atoms with Gasteiger partial charge < -0.3 is 10.3 Å². The van der Waals surface area contributed by atoms with Gasteiger partial charge in [0.2, 0.25) is 10.0 Å². The highest BCUT2D eigenvalue weighted by molar-refractivity contribution is 7.89. The number of nitrogens with two attached hydrogens (primary N) is 1. The van der Waals surface area contributed by atoms with Crippen molar-refractivity contribution >= 4 is 22.4 Å². The third kappa shape index (κ3) is 3.93. The number of benzene rings is 1. The quantitative estimate of drug-likeness (QED) is 0.773. The van der Waals surface area contributed by atoms with Crippen molar-refractivity contribution in [2.24, 2.45) is 11.7 Å². The van der Waals surface area contributed by atoms with Crippen LogP contribution in [0.15, 0.2) is 33.7 Å². The summed E-state index contributed by atoms with van der Waals surface area (Å²) in [6.07, 6.45) is 5.97. The lowest BCUT2D eigenvalue weighted by Gasteiger charge is -2.17. The highest BCUT2D eigenvalue weighted by atomic mass is 35.5. The van der Waals surface area contributed by atoms with Crippen LogP contribution in [-0.2, 0) is 15.6 Å². The molecule has 0 amide bonds. The van der Waals surface area contributed by atoms with Crippen molar-refractivity contribution in [1.29, 1.82) is 0 Å². The van der Waals surface area contributed by atoms with E-state index in [-0.39, 0.29) is 17.3 Å². The molecule has 2 aliphatic rings. The van der Waals surface area contributed by atoms with Crippen molar-refractivity contribution in [3.05, 3.63) is 30.1 Å². The topological polar surface area (TPSA) is 111 Å². The zero-order valence-corrected chi connectivity index (χ0v) is 16.0. The zero-order chi connectivity index (χ0) is 17.5. The van der Waals surface area contributed by atoms with E-state index in [9.17, 15) is 8.42 Å². The second-order valence-corrected chi connectivity index (χ2v) is 8.88. The second-order valence-electron chi connectivity index (χ2n) is 7.11. The van der Waals surface area contributed by atoms with Crippen molar-refractivity contribution in [3.63, 3.8) is 0 Å². The van der Waals surface area contributed by atoms with Gasteiger partial charge in [0.25, 0.3) is 5.89 Å². The largest absolute Gasteiger partial charge is 0.334 e. The van der Waals surface area contributed by atoms with Gasteiger partial charge in [0.05, 0.1) is 10.4 Å². The van der Waals surface area contributed by atoms with Crippen LogP contribution in [-0.4, -0.2) is 25.1 Å². The molecule has 2 saturated carbocycles. The molecule has 0 atom stereocenters. The van der Waals surface area contributed by atoms with E-state index in [1.54, 1.807) is 24.3 Å². The minimum atomic E-state index is -3.53. The van der Waals surface area contributed by atoms with E-state index in [2.05, 4.69) is 14.9 Å². The fourth-order valence-electron chi connectivity index (χ4n) is 3.20. The van der Waals surface area contributed by atoms with Crippen molar-refractivity contribution in [3.8, 4) is 11.5 Å². The Morgan fingerprint density at radius 3 is 2.69 bits per heavy atom. The molecule has 2 fully saturated rings. The van der Waals surface area contributed by atoms with Gasteiger partial charge in [0.1, 0.15) is 0 Å². The van der Waals surface area contributed by atoms with Crippen LogP contribution in [0.3, 0.4) is 0 Å². The van der Waals surface area contributed by atoms with Gasteiger partial charge in [0.15, 0.2) is 5.82 Å². The molecule has 0 unspecified atom stereocenters. The number of rotatable bonds is 6. The molecule has 0 saturated heterocycles. The molecule has 7 nitrogen and oxygen atoms in total. The molecule has 9 heteroatoms. The molecule has 2 aliphatic carbocycles. The lowest BCUT2D eigenvalue weighted by molar-refractivity contribution is 0.372. The van der Waals surface area contributed by atoms with Crippen LogP contribution >= 0.6 is 12.4 Å². The number of nitrogens with zero attached hydrogens (tertiary/aromatic N) is 2. The predicted octanol–water partition coefficient (Wildman–Crippen LogP) is 2.57. The highest BCUT2D eigenvalue weighted by Crippen LogP contribution is 2.35. The first-order valence-electron chi connectivity index (χ1n) is 8.69. The molecule has 3 N–H and O–H groups in total. The van der Waals surface area contributed by atoms with E-state index in [4.69, 9.17) is 10.3 Å². The average Bonchev–Trinajstić information content (AvgIpc) is 3.10. The van der Waals surface area contributed by atoms with Crippen LogP contribution in [0, 0.1) is 5.92 Å². The van der Waals surface area contributed by atoms with Crippen LogP contribution in [0.2, 0.25) is 0 Å². The first kappa shape index (κ1) is 19.3. The van der Waals surface area contributed by atoms with Crippen LogP contribution in [0.1, 0.15) is 44.3 Å². The minimum absolute atomic E-state index is 0. The SMILES string of the molecule is Cl.NC1(c2noc(-c3cccc(S(=O)(=O)NCC4CC4)c3)n2)CCCC1. The van der Waals surface area contributed by atoms with E-state index >= 15 is 0 Å². The zero-order valence-electron chi connectivity index (χ0n) is 14.3. The Labute approximate surface area is 159 Å². The summed E-state index contributed by atoms with van der Waals surface area (Å²) in [5.74, 6) is 1.27. The van der Waals surface area contributed by atoms with E-state index in [1.807, 2.05) is 0 Å². The minimum Gasteiger partial charge on any atom is -0.334 e. The lowest BCUT2D eigenvalue weighted by atomic mass is 9.99. The third-order valence-corrected chi connectivity index (χ3v) is 6.44. The summed E-state index contributed by atoms with van der Waals surface area (Å²) < 4.78 is 32.8. The van der Waals surface area contributed by atoms with Gasteiger partial charge in [-0.1, -0.05) is 24.1 Å². The molecule has 0 aliphatic heterocycles. The Morgan fingerprint density at radius 2 is 2.00 bits per heavy atom. The monoisotopic (exact) mass is 398 g/mol. The molecule has 0 spiro atoms. The Hall–Kier alpha value is -1.48. The first-order chi connectivity index (χ1) is 12.0. The summed E-state index contributed by atoms with van der Waals surface area (Å²) in [6.45, 7) is 0.493. The molecule has 2 aromatic rings. The fraction of sp³-hybridized carbons (Fsp3) is 0.529. The number of nitrogens with one attached hydrogen (secondary N) is 1. The molecule has 26 heavy (non-hydrogen) atoms. The van der Waals surface area contributed by atoms with Gasteiger partial charge in [-0.3, -0.25) is 0 Å². The molecule has 0 radical (unpaired) electrons.